The monoisotopic (exact) mass is 698 g/mol. The average Bonchev–Trinajstić information content (AvgIpc) is 3.91. The number of furan rings is 1. The number of phenols is 1. The van der Waals surface area contributed by atoms with E-state index in [9.17, 15) is 14.7 Å². The van der Waals surface area contributed by atoms with Gasteiger partial charge in [0.1, 0.15) is 47.2 Å². The molecule has 0 saturated heterocycles. The Hall–Kier alpha value is -6.94. The van der Waals surface area contributed by atoms with Crippen molar-refractivity contribution in [3.05, 3.63) is 163 Å². The Morgan fingerprint density at radius 1 is 0.698 bits per heavy atom. The maximum atomic E-state index is 13.6. The SMILES string of the molecule is O=C1C(Cc2ccc(O)cc2-c2ccc(Cc3nc(-c4ccccc4)c[n+]4c3NC(Cc3ccco3)C4=O)cc2)Nc2cnc(-c3ccccc3)c[n+]21. The number of anilines is 2. The lowest BCUT2D eigenvalue weighted by atomic mass is 9.93. The maximum Gasteiger partial charge on any atom is 0.359 e. The molecule has 7 aromatic rings. The van der Waals surface area contributed by atoms with E-state index < -0.39 is 12.1 Å². The molecule has 0 spiro atoms. The summed E-state index contributed by atoms with van der Waals surface area (Å²) in [5.74, 6) is 2.06. The smallest absolute Gasteiger partial charge is 0.359 e. The van der Waals surface area contributed by atoms with Crippen molar-refractivity contribution >= 4 is 23.5 Å². The number of hydrogen-bond donors (Lipinski definition) is 3. The predicted molar refractivity (Wildman–Crippen MR) is 198 cm³/mol. The molecule has 5 heterocycles. The highest BCUT2D eigenvalue weighted by Crippen LogP contribution is 2.31. The van der Waals surface area contributed by atoms with Gasteiger partial charge in [0.15, 0.2) is 6.04 Å². The van der Waals surface area contributed by atoms with Crippen molar-refractivity contribution in [2.45, 2.75) is 31.3 Å². The summed E-state index contributed by atoms with van der Waals surface area (Å²) in [5, 5.41) is 17.3. The second kappa shape index (κ2) is 13.3. The van der Waals surface area contributed by atoms with Crippen LogP contribution in [0.15, 0.2) is 145 Å². The molecule has 2 aliphatic rings. The van der Waals surface area contributed by atoms with Gasteiger partial charge in [-0.1, -0.05) is 91.0 Å². The van der Waals surface area contributed by atoms with Crippen LogP contribution in [0.25, 0.3) is 33.6 Å². The lowest BCUT2D eigenvalue weighted by Crippen LogP contribution is -2.44. The quantitative estimate of drug-likeness (QED) is 0.150. The summed E-state index contributed by atoms with van der Waals surface area (Å²) in [6.45, 7) is 0. The number of fused-ring (bicyclic) bond motifs is 2. The molecule has 0 aliphatic carbocycles. The van der Waals surface area contributed by atoms with E-state index in [2.05, 4.69) is 15.6 Å². The van der Waals surface area contributed by atoms with E-state index in [1.54, 1.807) is 46.1 Å². The van der Waals surface area contributed by atoms with E-state index in [4.69, 9.17) is 9.40 Å². The molecule has 4 aromatic carbocycles. The summed E-state index contributed by atoms with van der Waals surface area (Å²) in [5.41, 5.74) is 7.69. The number of nitrogens with zero attached hydrogens (tertiary/aromatic N) is 4. The van der Waals surface area contributed by atoms with Gasteiger partial charge in [-0.15, -0.1) is 0 Å². The number of rotatable bonds is 9. The number of benzene rings is 4. The summed E-state index contributed by atoms with van der Waals surface area (Å²) in [7, 11) is 0. The summed E-state index contributed by atoms with van der Waals surface area (Å²) in [4.78, 5) is 36.9. The Kier molecular flexibility index (Phi) is 8.04. The molecule has 2 atom stereocenters. The molecule has 0 fully saturated rings. The molecule has 0 amide bonds. The molecule has 0 radical (unpaired) electrons. The van der Waals surface area contributed by atoms with Gasteiger partial charge in [-0.3, -0.25) is 10.6 Å². The van der Waals surface area contributed by atoms with Crippen molar-refractivity contribution < 1.29 is 28.2 Å². The van der Waals surface area contributed by atoms with Gasteiger partial charge >= 0.3 is 23.5 Å². The van der Waals surface area contributed by atoms with Gasteiger partial charge < -0.3 is 9.52 Å². The van der Waals surface area contributed by atoms with Crippen molar-refractivity contribution in [2.75, 3.05) is 10.6 Å². The van der Waals surface area contributed by atoms with Crippen molar-refractivity contribution in [2.24, 2.45) is 0 Å². The van der Waals surface area contributed by atoms with Crippen molar-refractivity contribution in [1.29, 1.82) is 0 Å². The van der Waals surface area contributed by atoms with E-state index >= 15 is 0 Å². The zero-order valence-electron chi connectivity index (χ0n) is 28.5. The largest absolute Gasteiger partial charge is 0.508 e. The topological polar surface area (TPSA) is 125 Å². The molecule has 2 unspecified atom stereocenters. The molecule has 3 N–H and O–H groups in total. The van der Waals surface area contributed by atoms with E-state index in [0.717, 1.165) is 50.5 Å². The Morgan fingerprint density at radius 2 is 1.40 bits per heavy atom. The molecular weight excluding hydrogens is 665 g/mol. The van der Waals surface area contributed by atoms with Gasteiger partial charge in [-0.05, 0) is 46.5 Å². The van der Waals surface area contributed by atoms with Crippen LogP contribution in [0.3, 0.4) is 0 Å². The lowest BCUT2D eigenvalue weighted by Gasteiger charge is -2.13. The van der Waals surface area contributed by atoms with E-state index in [1.807, 2.05) is 103 Å². The van der Waals surface area contributed by atoms with Gasteiger partial charge in [-0.2, -0.15) is 9.13 Å². The number of phenolic OH excluding ortho intramolecular Hbond substituents is 1. The van der Waals surface area contributed by atoms with Crippen molar-refractivity contribution in [3.8, 4) is 39.4 Å². The number of aromatic hydroxyl groups is 1. The van der Waals surface area contributed by atoms with E-state index in [0.29, 0.717) is 36.6 Å². The molecule has 10 heteroatoms. The number of carbonyl (C=O) groups excluding carboxylic acids is 2. The highest BCUT2D eigenvalue weighted by Gasteiger charge is 2.42. The molecule has 9 rings (SSSR count). The Labute approximate surface area is 305 Å². The van der Waals surface area contributed by atoms with Crippen LogP contribution < -0.4 is 19.8 Å². The Balaban J connectivity index is 0.979. The minimum atomic E-state index is -0.500. The number of carbonyl (C=O) groups is 2. The molecule has 3 aromatic heterocycles. The van der Waals surface area contributed by atoms with Crippen LogP contribution in [0.1, 0.15) is 32.2 Å². The summed E-state index contributed by atoms with van der Waals surface area (Å²) >= 11 is 0. The fourth-order valence-electron chi connectivity index (χ4n) is 7.15. The zero-order chi connectivity index (χ0) is 35.9. The molecule has 0 bridgehead atoms. The second-order valence-corrected chi connectivity index (χ2v) is 13.3. The highest BCUT2D eigenvalue weighted by molar-refractivity contribution is 5.84. The standard InChI is InChI=1S/C43H32N6O4/c50-32-18-17-31(21-36-42(51)48-25-38(44-24-40(48)46-36)29-8-3-1-4-9-29)34(22-32)28-15-13-27(14-16-28)20-35-41-47-37(23-33-12-7-19-53-33)43(52)49(41)26-39(45-35)30-10-5-2-6-11-30/h1-19,22,24-26,36-37,50H,20-21,23H2/p+2. The predicted octanol–water partition coefficient (Wildman–Crippen LogP) is 6.30. The molecular formula is C43H34N6O4+2. The first kappa shape index (κ1) is 32.0. The van der Waals surface area contributed by atoms with Crippen LogP contribution in [0.4, 0.5) is 11.6 Å². The van der Waals surface area contributed by atoms with Crippen LogP contribution in [-0.2, 0) is 19.3 Å². The van der Waals surface area contributed by atoms with Crippen molar-refractivity contribution in [1.82, 2.24) is 9.97 Å². The number of hydrogen-bond acceptors (Lipinski definition) is 8. The second-order valence-electron chi connectivity index (χ2n) is 13.3. The van der Waals surface area contributed by atoms with Crippen LogP contribution in [0.5, 0.6) is 5.75 Å². The fourth-order valence-corrected chi connectivity index (χ4v) is 7.15. The number of nitrogens with one attached hydrogen (secondary N) is 2. The van der Waals surface area contributed by atoms with Crippen molar-refractivity contribution in [3.63, 3.8) is 0 Å². The van der Waals surface area contributed by atoms with Crippen LogP contribution >= 0.6 is 0 Å². The van der Waals surface area contributed by atoms with Gasteiger partial charge in [0.2, 0.25) is 6.04 Å². The van der Waals surface area contributed by atoms with Gasteiger partial charge in [0.05, 0.1) is 12.7 Å². The average molecular weight is 699 g/mol. The summed E-state index contributed by atoms with van der Waals surface area (Å²) < 4.78 is 8.86. The lowest BCUT2D eigenvalue weighted by molar-refractivity contribution is -0.553. The highest BCUT2D eigenvalue weighted by atomic mass is 16.3. The van der Waals surface area contributed by atoms with Gasteiger partial charge in [0.25, 0.3) is 0 Å². The van der Waals surface area contributed by atoms with Gasteiger partial charge in [0, 0.05) is 24.0 Å². The van der Waals surface area contributed by atoms with E-state index in [1.165, 1.54) is 0 Å². The molecule has 53 heavy (non-hydrogen) atoms. The molecule has 258 valence electrons. The fraction of sp³-hybridized carbons (Fsp3) is 0.116. The summed E-state index contributed by atoms with van der Waals surface area (Å²) in [6, 6.07) is 35.7. The first-order chi connectivity index (χ1) is 26.0. The van der Waals surface area contributed by atoms with Crippen LogP contribution in [-0.4, -0.2) is 39.0 Å². The normalized spacial score (nSPS) is 15.8. The number of aromatic nitrogens is 4. The third-order valence-electron chi connectivity index (χ3n) is 9.84. The summed E-state index contributed by atoms with van der Waals surface area (Å²) in [6.07, 6.45) is 8.20. The third-order valence-corrected chi connectivity index (χ3v) is 9.84. The van der Waals surface area contributed by atoms with E-state index in [-0.39, 0.29) is 17.6 Å². The van der Waals surface area contributed by atoms with Crippen LogP contribution in [0, 0.1) is 0 Å². The minimum Gasteiger partial charge on any atom is -0.508 e. The molecule has 2 aliphatic heterocycles. The molecule has 0 saturated carbocycles. The van der Waals surface area contributed by atoms with Crippen LogP contribution in [0.2, 0.25) is 0 Å². The zero-order valence-corrected chi connectivity index (χ0v) is 28.5. The Bertz CT molecular complexity index is 2490. The first-order valence-corrected chi connectivity index (χ1v) is 17.5. The maximum absolute atomic E-state index is 13.6. The third kappa shape index (κ3) is 6.20. The van der Waals surface area contributed by atoms with Gasteiger partial charge in [-0.25, -0.2) is 19.6 Å². The Morgan fingerprint density at radius 3 is 2.13 bits per heavy atom. The minimum absolute atomic E-state index is 0.0615. The first-order valence-electron chi connectivity index (χ1n) is 17.5. The molecule has 10 nitrogen and oxygen atoms in total.